The number of aryl methyl sites for hydroxylation is 1. The molecule has 1 amide bonds. The highest BCUT2D eigenvalue weighted by Gasteiger charge is 2.30. The van der Waals surface area contributed by atoms with E-state index in [9.17, 15) is 9.18 Å². The molecule has 0 bridgehead atoms. The molecule has 3 heterocycles. The Balaban J connectivity index is 1.19. The molecular weight excluding hydrogens is 421 g/mol. The SMILES string of the molecule is Cn1c(CNC(=O)CN2CCCC2c2n[nH]c(Cc3ccc(F)cc3)n2)nc2ccccc21. The van der Waals surface area contributed by atoms with Gasteiger partial charge in [-0.25, -0.2) is 14.4 Å². The number of para-hydroxylation sites is 2. The Kier molecular flexibility index (Phi) is 5.87. The minimum absolute atomic E-state index is 0.00437. The van der Waals surface area contributed by atoms with Crippen LogP contribution in [-0.2, 0) is 24.8 Å². The summed E-state index contributed by atoms with van der Waals surface area (Å²) in [5, 5.41) is 10.4. The van der Waals surface area contributed by atoms with E-state index in [-0.39, 0.29) is 24.3 Å². The first-order chi connectivity index (χ1) is 16.1. The van der Waals surface area contributed by atoms with Gasteiger partial charge in [0, 0.05) is 13.5 Å². The standard InChI is InChI=1S/C24H26FN7O/c1-31-19-6-3-2-5-18(19)27-22(31)14-26-23(33)15-32-12-4-7-20(32)24-28-21(29-30-24)13-16-8-10-17(25)11-9-16/h2-3,5-6,8-11,20H,4,7,12-15H2,1H3,(H,26,33)(H,28,29,30). The summed E-state index contributed by atoms with van der Waals surface area (Å²) in [5.74, 6) is 1.95. The average Bonchev–Trinajstić information content (AvgIpc) is 3.54. The van der Waals surface area contributed by atoms with Crippen LogP contribution >= 0.6 is 0 Å². The van der Waals surface area contributed by atoms with Crippen LogP contribution in [0.3, 0.4) is 0 Å². The smallest absolute Gasteiger partial charge is 0.234 e. The van der Waals surface area contributed by atoms with Crippen LogP contribution in [-0.4, -0.2) is 48.6 Å². The molecule has 0 radical (unpaired) electrons. The van der Waals surface area contributed by atoms with Gasteiger partial charge in [0.05, 0.1) is 30.2 Å². The fourth-order valence-electron chi connectivity index (χ4n) is 4.41. The van der Waals surface area contributed by atoms with Gasteiger partial charge in [0.25, 0.3) is 0 Å². The van der Waals surface area contributed by atoms with Crippen LogP contribution in [0, 0.1) is 5.82 Å². The molecule has 8 nitrogen and oxygen atoms in total. The van der Waals surface area contributed by atoms with Crippen molar-refractivity contribution in [3.63, 3.8) is 0 Å². The number of carbonyl (C=O) groups excluding carboxylic acids is 1. The summed E-state index contributed by atoms with van der Waals surface area (Å²) in [7, 11) is 1.96. The number of aromatic nitrogens is 5. The zero-order valence-corrected chi connectivity index (χ0v) is 18.5. The van der Waals surface area contributed by atoms with Crippen molar-refractivity contribution in [3.05, 3.63) is 77.4 Å². The van der Waals surface area contributed by atoms with Crippen molar-refractivity contribution in [2.24, 2.45) is 7.05 Å². The van der Waals surface area contributed by atoms with E-state index in [4.69, 9.17) is 0 Å². The number of fused-ring (bicyclic) bond motifs is 1. The molecule has 2 aromatic carbocycles. The van der Waals surface area contributed by atoms with Crippen LogP contribution in [0.2, 0.25) is 0 Å². The predicted octanol–water partition coefficient (Wildman–Crippen LogP) is 2.87. The van der Waals surface area contributed by atoms with E-state index in [0.29, 0.717) is 18.8 Å². The number of hydrogen-bond donors (Lipinski definition) is 2. The maximum atomic E-state index is 13.1. The highest BCUT2D eigenvalue weighted by molar-refractivity contribution is 5.78. The Labute approximate surface area is 190 Å². The highest BCUT2D eigenvalue weighted by Crippen LogP contribution is 2.29. The predicted molar refractivity (Wildman–Crippen MR) is 122 cm³/mol. The van der Waals surface area contributed by atoms with Gasteiger partial charge in [0.1, 0.15) is 17.5 Å². The number of carbonyl (C=O) groups is 1. The van der Waals surface area contributed by atoms with Crippen molar-refractivity contribution in [2.45, 2.75) is 31.8 Å². The van der Waals surface area contributed by atoms with Crippen molar-refractivity contribution >= 4 is 16.9 Å². The Morgan fingerprint density at radius 3 is 2.82 bits per heavy atom. The zero-order valence-electron chi connectivity index (χ0n) is 18.5. The maximum Gasteiger partial charge on any atom is 0.234 e. The van der Waals surface area contributed by atoms with Crippen LogP contribution in [0.15, 0.2) is 48.5 Å². The van der Waals surface area contributed by atoms with Crippen LogP contribution < -0.4 is 5.32 Å². The van der Waals surface area contributed by atoms with Crippen molar-refractivity contribution < 1.29 is 9.18 Å². The largest absolute Gasteiger partial charge is 0.348 e. The first-order valence-electron chi connectivity index (χ1n) is 11.1. The lowest BCUT2D eigenvalue weighted by Gasteiger charge is -2.21. The molecule has 4 aromatic rings. The fourth-order valence-corrected chi connectivity index (χ4v) is 4.41. The van der Waals surface area contributed by atoms with Crippen molar-refractivity contribution in [1.29, 1.82) is 0 Å². The first-order valence-corrected chi connectivity index (χ1v) is 11.1. The molecule has 0 spiro atoms. The Morgan fingerprint density at radius 2 is 2.00 bits per heavy atom. The minimum atomic E-state index is -0.256. The third-order valence-corrected chi connectivity index (χ3v) is 6.17. The molecule has 0 saturated carbocycles. The Bertz CT molecular complexity index is 1260. The molecule has 1 aliphatic heterocycles. The van der Waals surface area contributed by atoms with Crippen molar-refractivity contribution in [1.82, 2.24) is 34.9 Å². The number of H-pyrrole nitrogens is 1. The van der Waals surface area contributed by atoms with Crippen LogP contribution in [0.5, 0.6) is 0 Å². The second-order valence-electron chi connectivity index (χ2n) is 8.42. The van der Waals surface area contributed by atoms with Gasteiger partial charge < -0.3 is 9.88 Å². The number of nitrogens with zero attached hydrogens (tertiary/aromatic N) is 5. The molecule has 170 valence electrons. The molecule has 1 saturated heterocycles. The number of nitrogens with one attached hydrogen (secondary N) is 2. The summed E-state index contributed by atoms with van der Waals surface area (Å²) in [6, 6.07) is 14.3. The average molecular weight is 448 g/mol. The first kappa shape index (κ1) is 21.3. The maximum absolute atomic E-state index is 13.1. The van der Waals surface area contributed by atoms with Gasteiger partial charge in [-0.15, -0.1) is 0 Å². The number of aromatic amines is 1. The number of likely N-dealkylation sites (tertiary alicyclic amines) is 1. The minimum Gasteiger partial charge on any atom is -0.348 e. The summed E-state index contributed by atoms with van der Waals surface area (Å²) in [5.41, 5.74) is 2.93. The van der Waals surface area contributed by atoms with E-state index in [1.807, 2.05) is 35.9 Å². The molecule has 1 fully saturated rings. The van der Waals surface area contributed by atoms with Crippen LogP contribution in [0.25, 0.3) is 11.0 Å². The van der Waals surface area contributed by atoms with Gasteiger partial charge in [0.2, 0.25) is 5.91 Å². The van der Waals surface area contributed by atoms with E-state index in [2.05, 4.69) is 30.4 Å². The quantitative estimate of drug-likeness (QED) is 0.455. The van der Waals surface area contributed by atoms with Crippen molar-refractivity contribution in [3.8, 4) is 0 Å². The van der Waals surface area contributed by atoms with Gasteiger partial charge in [-0.1, -0.05) is 24.3 Å². The molecule has 1 atom stereocenters. The third kappa shape index (κ3) is 4.63. The summed E-state index contributed by atoms with van der Waals surface area (Å²) in [6.07, 6.45) is 2.45. The molecule has 2 aromatic heterocycles. The number of amides is 1. The Morgan fingerprint density at radius 1 is 1.18 bits per heavy atom. The molecular formula is C24H26FN7O. The van der Waals surface area contributed by atoms with Gasteiger partial charge in [-0.05, 0) is 49.2 Å². The number of hydrogen-bond acceptors (Lipinski definition) is 5. The molecule has 1 aliphatic rings. The molecule has 9 heteroatoms. The third-order valence-electron chi connectivity index (χ3n) is 6.17. The molecule has 2 N–H and O–H groups in total. The second-order valence-corrected chi connectivity index (χ2v) is 8.42. The molecule has 0 aliphatic carbocycles. The second kappa shape index (κ2) is 9.11. The van der Waals surface area contributed by atoms with E-state index < -0.39 is 0 Å². The van der Waals surface area contributed by atoms with Crippen molar-refractivity contribution in [2.75, 3.05) is 13.1 Å². The number of benzene rings is 2. The summed E-state index contributed by atoms with van der Waals surface area (Å²) in [6.45, 7) is 1.49. The van der Waals surface area contributed by atoms with Gasteiger partial charge >= 0.3 is 0 Å². The van der Waals surface area contributed by atoms with Crippen LogP contribution in [0.4, 0.5) is 4.39 Å². The molecule has 1 unspecified atom stereocenters. The summed E-state index contributed by atoms with van der Waals surface area (Å²) < 4.78 is 15.1. The number of imidazole rings is 1. The van der Waals surface area contributed by atoms with Gasteiger partial charge in [-0.2, -0.15) is 5.10 Å². The lowest BCUT2D eigenvalue weighted by atomic mass is 10.1. The van der Waals surface area contributed by atoms with Crippen LogP contribution in [0.1, 0.15) is 41.9 Å². The highest BCUT2D eigenvalue weighted by atomic mass is 19.1. The van der Waals surface area contributed by atoms with E-state index in [1.54, 1.807) is 12.1 Å². The fraction of sp³-hybridized carbons (Fsp3) is 0.333. The van der Waals surface area contributed by atoms with E-state index in [0.717, 1.165) is 47.6 Å². The monoisotopic (exact) mass is 447 g/mol. The molecule has 5 rings (SSSR count). The lowest BCUT2D eigenvalue weighted by Crippen LogP contribution is -2.37. The van der Waals surface area contributed by atoms with E-state index in [1.165, 1.54) is 12.1 Å². The molecule has 33 heavy (non-hydrogen) atoms. The lowest BCUT2D eigenvalue weighted by molar-refractivity contribution is -0.122. The summed E-state index contributed by atoms with van der Waals surface area (Å²) >= 11 is 0. The normalized spacial score (nSPS) is 16.5. The van der Waals surface area contributed by atoms with E-state index >= 15 is 0 Å². The topological polar surface area (TPSA) is 91.7 Å². The Hall–Kier alpha value is -3.59. The zero-order chi connectivity index (χ0) is 22.8. The summed E-state index contributed by atoms with van der Waals surface area (Å²) in [4.78, 5) is 24.1. The van der Waals surface area contributed by atoms with Gasteiger partial charge in [0.15, 0.2) is 5.82 Å². The number of rotatable bonds is 7. The van der Waals surface area contributed by atoms with Gasteiger partial charge in [-0.3, -0.25) is 14.8 Å². The number of halogens is 1.